The Morgan fingerprint density at radius 2 is 1.67 bits per heavy atom. The minimum atomic E-state index is -0.589. The van der Waals surface area contributed by atoms with E-state index >= 15 is 0 Å². The predicted octanol–water partition coefficient (Wildman–Crippen LogP) is 1.42. The van der Waals surface area contributed by atoms with Crippen LogP contribution in [0.1, 0.15) is 40.5 Å². The average Bonchev–Trinajstić information content (AvgIpc) is 2.23. The highest BCUT2D eigenvalue weighted by atomic mass is 16.5. The van der Waals surface area contributed by atoms with E-state index in [9.17, 15) is 10.3 Å². The van der Waals surface area contributed by atoms with Crippen LogP contribution in [0.4, 0.5) is 0 Å². The Morgan fingerprint density at radius 3 is 2.11 bits per heavy atom. The van der Waals surface area contributed by atoms with Gasteiger partial charge in [0.05, 0.1) is 19.3 Å². The molecule has 0 amide bonds. The Labute approximate surface area is 110 Å². The van der Waals surface area contributed by atoms with E-state index in [1.54, 1.807) is 7.11 Å². The van der Waals surface area contributed by atoms with E-state index in [2.05, 4.69) is 0 Å². The molecule has 108 valence electrons. The zero-order valence-electron chi connectivity index (χ0n) is 12.1. The van der Waals surface area contributed by atoms with Crippen molar-refractivity contribution in [2.75, 3.05) is 20.3 Å². The maximum atomic E-state index is 10.2. The van der Waals surface area contributed by atoms with E-state index in [1.807, 2.05) is 27.7 Å². The molecule has 0 radical (unpaired) electrons. The number of nitrogens with zero attached hydrogens (tertiary/aromatic N) is 1. The molecule has 1 aliphatic heterocycles. The standard InChI is InChI=1S/C13H27NO4/c1-12(2)6-11(7-13(3,4)14(12)16)18-9-10(15)8-17-5/h10-11,15-16H,6-9H2,1-5H3. The first-order valence-corrected chi connectivity index (χ1v) is 6.47. The van der Waals surface area contributed by atoms with Crippen LogP contribution in [-0.2, 0) is 9.47 Å². The highest BCUT2D eigenvalue weighted by Crippen LogP contribution is 2.37. The molecule has 1 heterocycles. The quantitative estimate of drug-likeness (QED) is 0.783. The molecule has 0 aromatic heterocycles. The molecule has 5 heteroatoms. The van der Waals surface area contributed by atoms with Crippen LogP contribution in [0.2, 0.25) is 0 Å². The van der Waals surface area contributed by atoms with Crippen molar-refractivity contribution in [3.05, 3.63) is 0 Å². The fourth-order valence-corrected chi connectivity index (χ4v) is 2.78. The number of hydroxylamine groups is 2. The summed E-state index contributed by atoms with van der Waals surface area (Å²) in [4.78, 5) is 0. The molecular formula is C13H27NO4. The Kier molecular flexibility index (Phi) is 5.14. The van der Waals surface area contributed by atoms with Crippen LogP contribution in [0.15, 0.2) is 0 Å². The zero-order valence-corrected chi connectivity index (χ0v) is 12.1. The predicted molar refractivity (Wildman–Crippen MR) is 68.6 cm³/mol. The van der Waals surface area contributed by atoms with Crippen LogP contribution >= 0.6 is 0 Å². The third-order valence-electron chi connectivity index (χ3n) is 3.48. The number of hydrogen-bond donors (Lipinski definition) is 2. The summed E-state index contributed by atoms with van der Waals surface area (Å²) in [6.07, 6.45) is 0.942. The van der Waals surface area contributed by atoms with E-state index in [4.69, 9.17) is 9.47 Å². The van der Waals surface area contributed by atoms with Gasteiger partial charge in [-0.25, -0.2) is 0 Å². The lowest BCUT2D eigenvalue weighted by Crippen LogP contribution is -2.60. The Balaban J connectivity index is 2.53. The highest BCUT2D eigenvalue weighted by Gasteiger charge is 2.45. The van der Waals surface area contributed by atoms with Crippen molar-refractivity contribution in [1.82, 2.24) is 5.06 Å². The van der Waals surface area contributed by atoms with E-state index in [0.29, 0.717) is 0 Å². The molecule has 0 aromatic rings. The monoisotopic (exact) mass is 261 g/mol. The summed E-state index contributed by atoms with van der Waals surface area (Å²) in [5.41, 5.74) is -0.642. The van der Waals surface area contributed by atoms with Gasteiger partial charge in [0, 0.05) is 18.2 Å². The molecule has 1 unspecified atom stereocenters. The van der Waals surface area contributed by atoms with Gasteiger partial charge in [0.25, 0.3) is 0 Å². The van der Waals surface area contributed by atoms with Crippen LogP contribution < -0.4 is 0 Å². The molecular weight excluding hydrogens is 234 g/mol. The van der Waals surface area contributed by atoms with Gasteiger partial charge in [0.2, 0.25) is 0 Å². The minimum absolute atomic E-state index is 0.0462. The largest absolute Gasteiger partial charge is 0.388 e. The van der Waals surface area contributed by atoms with Gasteiger partial charge in [-0.2, -0.15) is 5.06 Å². The summed E-state index contributed by atoms with van der Waals surface area (Å²) < 4.78 is 10.6. The Hall–Kier alpha value is -0.200. The maximum absolute atomic E-state index is 10.2. The smallest absolute Gasteiger partial charge is 0.101 e. The summed E-state index contributed by atoms with van der Waals surface area (Å²) in [6, 6.07) is 0. The van der Waals surface area contributed by atoms with Gasteiger partial charge in [-0.15, -0.1) is 0 Å². The molecule has 1 saturated heterocycles. The molecule has 5 nitrogen and oxygen atoms in total. The summed E-state index contributed by atoms with van der Waals surface area (Å²) in [5.74, 6) is 0. The molecule has 1 fully saturated rings. The van der Waals surface area contributed by atoms with E-state index in [1.165, 1.54) is 5.06 Å². The topological polar surface area (TPSA) is 62.2 Å². The van der Waals surface area contributed by atoms with Crippen molar-refractivity contribution in [1.29, 1.82) is 0 Å². The number of methoxy groups -OCH3 is 1. The summed E-state index contributed by atoms with van der Waals surface area (Å²) in [5, 5.41) is 21.2. The van der Waals surface area contributed by atoms with E-state index in [-0.39, 0.29) is 30.4 Å². The number of ether oxygens (including phenoxy) is 2. The van der Waals surface area contributed by atoms with Crippen molar-refractivity contribution in [3.63, 3.8) is 0 Å². The molecule has 1 atom stereocenters. The minimum Gasteiger partial charge on any atom is -0.388 e. The molecule has 0 aliphatic carbocycles. The average molecular weight is 261 g/mol. The molecule has 18 heavy (non-hydrogen) atoms. The summed E-state index contributed by atoms with van der Waals surface area (Å²) in [6.45, 7) is 8.54. The molecule has 1 rings (SSSR count). The van der Waals surface area contributed by atoms with Crippen molar-refractivity contribution in [3.8, 4) is 0 Å². The summed E-state index contributed by atoms with van der Waals surface area (Å²) >= 11 is 0. The highest BCUT2D eigenvalue weighted by molar-refractivity contribution is 4.96. The Morgan fingerprint density at radius 1 is 1.17 bits per heavy atom. The van der Waals surface area contributed by atoms with Crippen molar-refractivity contribution >= 4 is 0 Å². The van der Waals surface area contributed by atoms with Crippen LogP contribution in [-0.4, -0.2) is 59.0 Å². The third-order valence-corrected chi connectivity index (χ3v) is 3.48. The molecule has 1 aliphatic rings. The summed E-state index contributed by atoms with van der Waals surface area (Å²) in [7, 11) is 1.56. The van der Waals surface area contributed by atoms with Crippen molar-refractivity contribution in [2.24, 2.45) is 0 Å². The molecule has 0 aromatic carbocycles. The zero-order chi connectivity index (χ0) is 14.0. The number of rotatable bonds is 5. The fourth-order valence-electron chi connectivity index (χ4n) is 2.78. The van der Waals surface area contributed by atoms with Crippen molar-refractivity contribution < 1.29 is 19.8 Å². The van der Waals surface area contributed by atoms with Crippen LogP contribution in [0, 0.1) is 0 Å². The molecule has 0 saturated carbocycles. The van der Waals surface area contributed by atoms with Crippen LogP contribution in [0.3, 0.4) is 0 Å². The first-order valence-electron chi connectivity index (χ1n) is 6.47. The molecule has 0 spiro atoms. The second-order valence-corrected chi connectivity index (χ2v) is 6.41. The van der Waals surface area contributed by atoms with Gasteiger partial charge < -0.3 is 19.8 Å². The third kappa shape index (κ3) is 3.90. The second-order valence-electron chi connectivity index (χ2n) is 6.41. The van der Waals surface area contributed by atoms with Gasteiger partial charge >= 0.3 is 0 Å². The maximum Gasteiger partial charge on any atom is 0.101 e. The lowest BCUT2D eigenvalue weighted by molar-refractivity contribution is -0.262. The van der Waals surface area contributed by atoms with Gasteiger partial charge in [-0.3, -0.25) is 0 Å². The first-order chi connectivity index (χ1) is 8.19. The van der Waals surface area contributed by atoms with Crippen LogP contribution in [0.5, 0.6) is 0 Å². The molecule has 0 bridgehead atoms. The molecule has 2 N–H and O–H groups in total. The van der Waals surface area contributed by atoms with Crippen molar-refractivity contribution in [2.45, 2.75) is 63.8 Å². The normalized spacial score (nSPS) is 26.2. The number of piperidine rings is 1. The lowest BCUT2D eigenvalue weighted by atomic mass is 9.80. The number of hydrogen-bond acceptors (Lipinski definition) is 5. The van der Waals surface area contributed by atoms with Crippen LogP contribution in [0.25, 0.3) is 0 Å². The second kappa shape index (κ2) is 5.84. The van der Waals surface area contributed by atoms with Gasteiger partial charge in [-0.1, -0.05) is 0 Å². The first kappa shape index (κ1) is 15.9. The number of aliphatic hydroxyl groups excluding tert-OH is 1. The van der Waals surface area contributed by atoms with E-state index < -0.39 is 6.10 Å². The van der Waals surface area contributed by atoms with Gasteiger partial charge in [0.15, 0.2) is 0 Å². The lowest BCUT2D eigenvalue weighted by Gasteiger charge is -2.51. The fraction of sp³-hybridized carbons (Fsp3) is 1.00. The number of aliphatic hydroxyl groups is 1. The van der Waals surface area contributed by atoms with E-state index in [0.717, 1.165) is 12.8 Å². The van der Waals surface area contributed by atoms with Gasteiger partial charge in [0.1, 0.15) is 6.10 Å². The SMILES string of the molecule is COCC(O)COC1CC(C)(C)N(O)C(C)(C)C1. The van der Waals surface area contributed by atoms with Gasteiger partial charge in [-0.05, 0) is 40.5 Å². The Bertz CT molecular complexity index is 250.